The number of pyridine rings is 1. The summed E-state index contributed by atoms with van der Waals surface area (Å²) in [5, 5.41) is 3.57. The Bertz CT molecular complexity index is 476. The Morgan fingerprint density at radius 1 is 0.944 bits per heavy atom. The fraction of sp³-hybridized carbons (Fsp3) is 0.312. The van der Waals surface area contributed by atoms with Gasteiger partial charge in [-0.05, 0) is 38.5 Å². The third-order valence-electron chi connectivity index (χ3n) is 3.21. The molecule has 0 aliphatic carbocycles. The second-order valence-electron chi connectivity index (χ2n) is 4.78. The monoisotopic (exact) mass is 240 g/mol. The van der Waals surface area contributed by atoms with Crippen molar-refractivity contribution in [2.24, 2.45) is 0 Å². The quantitative estimate of drug-likeness (QED) is 0.879. The van der Waals surface area contributed by atoms with Crippen LogP contribution >= 0.6 is 0 Å². The van der Waals surface area contributed by atoms with E-state index in [9.17, 15) is 0 Å². The van der Waals surface area contributed by atoms with Gasteiger partial charge in [0, 0.05) is 18.3 Å². The van der Waals surface area contributed by atoms with Crippen LogP contribution in [0.2, 0.25) is 0 Å². The van der Waals surface area contributed by atoms with Crippen LogP contribution in [-0.2, 0) is 0 Å². The van der Waals surface area contributed by atoms with E-state index >= 15 is 0 Å². The van der Waals surface area contributed by atoms with Crippen LogP contribution < -0.4 is 5.32 Å². The summed E-state index contributed by atoms with van der Waals surface area (Å²) in [7, 11) is 0. The van der Waals surface area contributed by atoms with Gasteiger partial charge in [-0.15, -0.1) is 0 Å². The Morgan fingerprint density at radius 3 is 2.28 bits per heavy atom. The molecule has 1 aromatic heterocycles. The summed E-state index contributed by atoms with van der Waals surface area (Å²) in [6, 6.07) is 15.3. The lowest BCUT2D eigenvalue weighted by Gasteiger charge is -2.20. The normalized spacial score (nSPS) is 14.2. The van der Waals surface area contributed by atoms with Gasteiger partial charge in [0.1, 0.15) is 0 Å². The number of nitrogens with zero attached hydrogens (tertiary/aromatic N) is 1. The van der Waals surface area contributed by atoms with Gasteiger partial charge in [-0.2, -0.15) is 0 Å². The molecule has 2 atom stereocenters. The predicted octanol–water partition coefficient (Wildman–Crippen LogP) is 3.80. The Morgan fingerprint density at radius 2 is 1.67 bits per heavy atom. The molecule has 94 valence electrons. The number of aryl methyl sites for hydroxylation is 1. The molecule has 1 N–H and O–H groups in total. The second-order valence-corrected chi connectivity index (χ2v) is 4.78. The Hall–Kier alpha value is -1.67. The van der Waals surface area contributed by atoms with E-state index in [1.165, 1.54) is 11.1 Å². The van der Waals surface area contributed by atoms with Gasteiger partial charge < -0.3 is 5.32 Å². The molecule has 1 aromatic carbocycles. The van der Waals surface area contributed by atoms with E-state index in [0.29, 0.717) is 6.04 Å². The number of benzene rings is 1. The van der Waals surface area contributed by atoms with E-state index in [2.05, 4.69) is 61.4 Å². The molecule has 1 heterocycles. The Labute approximate surface area is 109 Å². The second kappa shape index (κ2) is 5.78. The van der Waals surface area contributed by atoms with Gasteiger partial charge in [-0.25, -0.2) is 0 Å². The highest BCUT2D eigenvalue weighted by Gasteiger charge is 2.11. The highest BCUT2D eigenvalue weighted by atomic mass is 15.0. The number of hydrogen-bond acceptors (Lipinski definition) is 2. The Kier molecular flexibility index (Phi) is 4.11. The van der Waals surface area contributed by atoms with Gasteiger partial charge in [0.2, 0.25) is 0 Å². The van der Waals surface area contributed by atoms with Crippen molar-refractivity contribution in [3.8, 4) is 0 Å². The minimum atomic E-state index is 0.252. The highest BCUT2D eigenvalue weighted by molar-refractivity contribution is 5.24. The molecule has 2 nitrogen and oxygen atoms in total. The van der Waals surface area contributed by atoms with Crippen LogP contribution in [0.5, 0.6) is 0 Å². The minimum Gasteiger partial charge on any atom is -0.302 e. The third kappa shape index (κ3) is 3.17. The maximum atomic E-state index is 4.38. The summed E-state index contributed by atoms with van der Waals surface area (Å²) in [6.45, 7) is 6.44. The van der Waals surface area contributed by atoms with Crippen molar-refractivity contribution in [2.75, 3.05) is 0 Å². The minimum absolute atomic E-state index is 0.252. The molecule has 0 amide bonds. The van der Waals surface area contributed by atoms with Crippen molar-refractivity contribution in [2.45, 2.75) is 32.9 Å². The molecule has 0 radical (unpaired) electrons. The first-order valence-electron chi connectivity index (χ1n) is 6.40. The van der Waals surface area contributed by atoms with Crippen LogP contribution in [0.15, 0.2) is 48.7 Å². The molecule has 0 aliphatic rings. The van der Waals surface area contributed by atoms with Crippen molar-refractivity contribution < 1.29 is 0 Å². The van der Waals surface area contributed by atoms with Crippen molar-refractivity contribution in [1.82, 2.24) is 10.3 Å². The van der Waals surface area contributed by atoms with Crippen molar-refractivity contribution >= 4 is 0 Å². The zero-order valence-corrected chi connectivity index (χ0v) is 11.2. The van der Waals surface area contributed by atoms with Crippen molar-refractivity contribution in [1.29, 1.82) is 0 Å². The van der Waals surface area contributed by atoms with E-state index in [4.69, 9.17) is 0 Å². The maximum Gasteiger partial charge on any atom is 0.0570 e. The summed E-state index contributed by atoms with van der Waals surface area (Å²) >= 11 is 0. The molecule has 0 saturated carbocycles. The van der Waals surface area contributed by atoms with E-state index in [-0.39, 0.29) is 6.04 Å². The van der Waals surface area contributed by atoms with Crippen LogP contribution in [0.1, 0.15) is 42.8 Å². The number of rotatable bonds is 4. The van der Waals surface area contributed by atoms with Gasteiger partial charge in [-0.3, -0.25) is 4.98 Å². The lowest BCUT2D eigenvalue weighted by Crippen LogP contribution is -2.23. The first kappa shape index (κ1) is 12.8. The molecule has 0 saturated heterocycles. The standard InChI is InChI=1S/C16H20N2/c1-12-7-9-15(10-8-12)13(2)18-14(3)16-6-4-5-11-17-16/h4-11,13-14,18H,1-3H3. The van der Waals surface area contributed by atoms with Gasteiger partial charge in [0.25, 0.3) is 0 Å². The molecular weight excluding hydrogens is 220 g/mol. The zero-order valence-electron chi connectivity index (χ0n) is 11.2. The summed E-state index contributed by atoms with van der Waals surface area (Å²) in [6.07, 6.45) is 1.84. The summed E-state index contributed by atoms with van der Waals surface area (Å²) in [4.78, 5) is 4.38. The topological polar surface area (TPSA) is 24.9 Å². The van der Waals surface area contributed by atoms with Gasteiger partial charge in [0.15, 0.2) is 0 Å². The van der Waals surface area contributed by atoms with Crippen LogP contribution in [0.4, 0.5) is 0 Å². The van der Waals surface area contributed by atoms with E-state index in [1.54, 1.807) is 0 Å². The summed E-state index contributed by atoms with van der Waals surface area (Å²) in [5.74, 6) is 0. The van der Waals surface area contributed by atoms with Gasteiger partial charge in [0.05, 0.1) is 5.69 Å². The first-order valence-corrected chi connectivity index (χ1v) is 6.40. The van der Waals surface area contributed by atoms with E-state index in [1.807, 2.05) is 18.3 Å². The summed E-state index contributed by atoms with van der Waals surface area (Å²) < 4.78 is 0. The average Bonchev–Trinajstić information content (AvgIpc) is 2.40. The fourth-order valence-corrected chi connectivity index (χ4v) is 2.04. The summed E-state index contributed by atoms with van der Waals surface area (Å²) in [5.41, 5.74) is 3.68. The van der Waals surface area contributed by atoms with Crippen LogP contribution in [0, 0.1) is 6.92 Å². The van der Waals surface area contributed by atoms with Gasteiger partial charge >= 0.3 is 0 Å². The van der Waals surface area contributed by atoms with Crippen LogP contribution in [0.3, 0.4) is 0 Å². The number of nitrogens with one attached hydrogen (secondary N) is 1. The number of hydrogen-bond donors (Lipinski definition) is 1. The van der Waals surface area contributed by atoms with Crippen molar-refractivity contribution in [3.63, 3.8) is 0 Å². The molecule has 2 unspecified atom stereocenters. The predicted molar refractivity (Wildman–Crippen MR) is 75.4 cm³/mol. The SMILES string of the molecule is Cc1ccc(C(C)NC(C)c2ccccn2)cc1. The molecule has 2 aromatic rings. The first-order chi connectivity index (χ1) is 8.66. The van der Waals surface area contributed by atoms with Gasteiger partial charge in [-0.1, -0.05) is 35.9 Å². The molecule has 0 spiro atoms. The van der Waals surface area contributed by atoms with Crippen LogP contribution in [-0.4, -0.2) is 4.98 Å². The molecule has 2 rings (SSSR count). The smallest absolute Gasteiger partial charge is 0.0570 e. The lowest BCUT2D eigenvalue weighted by molar-refractivity contribution is 0.486. The average molecular weight is 240 g/mol. The van der Waals surface area contributed by atoms with E-state index < -0.39 is 0 Å². The van der Waals surface area contributed by atoms with Crippen molar-refractivity contribution in [3.05, 3.63) is 65.5 Å². The molecule has 0 fully saturated rings. The highest BCUT2D eigenvalue weighted by Crippen LogP contribution is 2.18. The van der Waals surface area contributed by atoms with E-state index in [0.717, 1.165) is 5.69 Å². The zero-order chi connectivity index (χ0) is 13.0. The molecule has 2 heteroatoms. The molecule has 0 aliphatic heterocycles. The third-order valence-corrected chi connectivity index (χ3v) is 3.21. The fourth-order valence-electron chi connectivity index (χ4n) is 2.04. The molecular formula is C16H20N2. The maximum absolute atomic E-state index is 4.38. The van der Waals surface area contributed by atoms with Crippen LogP contribution in [0.25, 0.3) is 0 Å². The molecule has 18 heavy (non-hydrogen) atoms. The largest absolute Gasteiger partial charge is 0.302 e. The Balaban J connectivity index is 2.03. The number of aromatic nitrogens is 1. The molecule has 0 bridgehead atoms. The lowest BCUT2D eigenvalue weighted by atomic mass is 10.1.